The van der Waals surface area contributed by atoms with E-state index < -0.39 is 0 Å². The van der Waals surface area contributed by atoms with Gasteiger partial charge >= 0.3 is 0 Å². The zero-order chi connectivity index (χ0) is 16.2. The lowest BCUT2D eigenvalue weighted by Crippen LogP contribution is -2.29. The van der Waals surface area contributed by atoms with Gasteiger partial charge in [-0.1, -0.05) is 47.5 Å². The van der Waals surface area contributed by atoms with Crippen molar-refractivity contribution in [3.63, 3.8) is 0 Å². The predicted molar refractivity (Wildman–Crippen MR) is 96.4 cm³/mol. The first-order valence-corrected chi connectivity index (χ1v) is 8.82. The summed E-state index contributed by atoms with van der Waals surface area (Å²) in [5, 5.41) is 0. The van der Waals surface area contributed by atoms with Crippen molar-refractivity contribution in [3.05, 3.63) is 58.1 Å². The summed E-state index contributed by atoms with van der Waals surface area (Å²) in [5.41, 5.74) is 2.86. The molecule has 0 radical (unpaired) electrons. The first-order valence-electron chi connectivity index (χ1n) is 8.03. The highest BCUT2D eigenvalue weighted by Crippen LogP contribution is 2.32. The largest absolute Gasteiger partial charge is 0.493 e. The molecule has 120 valence electrons. The average molecular weight is 374 g/mol. The molecule has 0 N–H and O–H groups in total. The van der Waals surface area contributed by atoms with Crippen LogP contribution >= 0.6 is 15.9 Å². The van der Waals surface area contributed by atoms with Gasteiger partial charge in [0.1, 0.15) is 5.75 Å². The monoisotopic (exact) mass is 373 g/mol. The van der Waals surface area contributed by atoms with Crippen LogP contribution in [0.1, 0.15) is 35.7 Å². The summed E-state index contributed by atoms with van der Waals surface area (Å²) in [6.45, 7) is 3.48. The van der Waals surface area contributed by atoms with E-state index in [9.17, 15) is 4.79 Å². The van der Waals surface area contributed by atoms with Gasteiger partial charge in [0.25, 0.3) is 5.91 Å². The van der Waals surface area contributed by atoms with Crippen molar-refractivity contribution in [2.45, 2.75) is 26.2 Å². The second-order valence-corrected chi connectivity index (χ2v) is 6.59. The maximum absolute atomic E-state index is 13.0. The van der Waals surface area contributed by atoms with E-state index in [1.165, 1.54) is 5.56 Å². The molecule has 4 heteroatoms. The lowest BCUT2D eigenvalue weighted by molar-refractivity contribution is 0.0985. The Morgan fingerprint density at radius 2 is 2.09 bits per heavy atom. The Bertz CT molecular complexity index is 714. The van der Waals surface area contributed by atoms with Gasteiger partial charge in [-0.25, -0.2) is 0 Å². The van der Waals surface area contributed by atoms with Crippen LogP contribution < -0.4 is 9.64 Å². The van der Waals surface area contributed by atoms with Gasteiger partial charge in [-0.2, -0.15) is 0 Å². The van der Waals surface area contributed by atoms with Crippen molar-refractivity contribution in [2.24, 2.45) is 0 Å². The third-order valence-electron chi connectivity index (χ3n) is 4.06. The number of hydrogen-bond acceptors (Lipinski definition) is 2. The highest BCUT2D eigenvalue weighted by molar-refractivity contribution is 9.10. The van der Waals surface area contributed by atoms with Gasteiger partial charge in [0.05, 0.1) is 12.2 Å². The van der Waals surface area contributed by atoms with Crippen LogP contribution in [0.4, 0.5) is 5.69 Å². The number of ether oxygens (including phenoxy) is 1. The quantitative estimate of drug-likeness (QED) is 0.702. The molecule has 23 heavy (non-hydrogen) atoms. The molecule has 1 aliphatic heterocycles. The molecule has 3 rings (SSSR count). The number of anilines is 1. The van der Waals surface area contributed by atoms with Crippen LogP contribution in [-0.4, -0.2) is 19.1 Å². The van der Waals surface area contributed by atoms with E-state index in [1.807, 2.05) is 41.3 Å². The predicted octanol–water partition coefficient (Wildman–Crippen LogP) is 4.83. The summed E-state index contributed by atoms with van der Waals surface area (Å²) in [6, 6.07) is 13.7. The summed E-state index contributed by atoms with van der Waals surface area (Å²) < 4.78 is 6.72. The average Bonchev–Trinajstić information content (AvgIpc) is 3.00. The summed E-state index contributed by atoms with van der Waals surface area (Å²) in [4.78, 5) is 14.9. The highest BCUT2D eigenvalue weighted by Gasteiger charge is 2.27. The highest BCUT2D eigenvalue weighted by atomic mass is 79.9. The topological polar surface area (TPSA) is 29.5 Å². The molecule has 0 spiro atoms. The Morgan fingerprint density at radius 1 is 1.26 bits per heavy atom. The summed E-state index contributed by atoms with van der Waals surface area (Å²) >= 11 is 3.46. The molecule has 0 fully saturated rings. The Hall–Kier alpha value is -1.81. The van der Waals surface area contributed by atoms with Gasteiger partial charge in [-0.05, 0) is 42.7 Å². The first-order chi connectivity index (χ1) is 11.2. The van der Waals surface area contributed by atoms with Gasteiger partial charge < -0.3 is 9.64 Å². The number of halogens is 1. The second-order valence-electron chi connectivity index (χ2n) is 5.68. The fourth-order valence-corrected chi connectivity index (χ4v) is 3.18. The minimum Gasteiger partial charge on any atom is -0.493 e. The van der Waals surface area contributed by atoms with Gasteiger partial charge in [0, 0.05) is 16.7 Å². The van der Waals surface area contributed by atoms with Gasteiger partial charge in [-0.15, -0.1) is 0 Å². The van der Waals surface area contributed by atoms with E-state index in [2.05, 4.69) is 28.9 Å². The van der Waals surface area contributed by atoms with Crippen molar-refractivity contribution in [3.8, 4) is 5.75 Å². The van der Waals surface area contributed by atoms with Crippen molar-refractivity contribution in [2.75, 3.05) is 18.1 Å². The number of nitrogens with zero attached hydrogens (tertiary/aromatic N) is 1. The third-order valence-corrected chi connectivity index (χ3v) is 4.55. The Morgan fingerprint density at radius 3 is 2.91 bits per heavy atom. The molecule has 0 atom stereocenters. The van der Waals surface area contributed by atoms with E-state index in [4.69, 9.17) is 4.74 Å². The minimum atomic E-state index is 0.00254. The molecular formula is C19H20BrNO2. The third kappa shape index (κ3) is 3.42. The van der Waals surface area contributed by atoms with Gasteiger partial charge in [0.15, 0.2) is 0 Å². The van der Waals surface area contributed by atoms with Gasteiger partial charge in [-0.3, -0.25) is 4.79 Å². The summed E-state index contributed by atoms with van der Waals surface area (Å²) in [5.74, 6) is 0.666. The molecule has 0 saturated heterocycles. The van der Waals surface area contributed by atoms with Crippen LogP contribution in [0.25, 0.3) is 0 Å². The SMILES string of the molecule is CCCCOc1ccc(Br)cc1C(=O)N1CCc2ccccc21. The van der Waals surface area contributed by atoms with Gasteiger partial charge in [0.2, 0.25) is 0 Å². The lowest BCUT2D eigenvalue weighted by Gasteiger charge is -2.19. The molecule has 1 aliphatic rings. The Kier molecular flexibility index (Phi) is 5.01. The lowest BCUT2D eigenvalue weighted by atomic mass is 10.1. The molecule has 1 amide bonds. The Balaban J connectivity index is 1.89. The smallest absolute Gasteiger partial charge is 0.262 e. The van der Waals surface area contributed by atoms with Crippen LogP contribution in [-0.2, 0) is 6.42 Å². The maximum Gasteiger partial charge on any atom is 0.262 e. The molecule has 0 unspecified atom stereocenters. The van der Waals surface area contributed by atoms with E-state index in [0.717, 1.165) is 36.0 Å². The minimum absolute atomic E-state index is 0.00254. The molecule has 0 aromatic heterocycles. The molecule has 2 aromatic rings. The number of unbranched alkanes of at least 4 members (excludes halogenated alkanes) is 1. The maximum atomic E-state index is 13.0. The van der Waals surface area contributed by atoms with Crippen LogP contribution in [0.3, 0.4) is 0 Å². The fourth-order valence-electron chi connectivity index (χ4n) is 2.82. The van der Waals surface area contributed by atoms with Crippen molar-refractivity contribution >= 4 is 27.5 Å². The van der Waals surface area contributed by atoms with Crippen LogP contribution in [0.15, 0.2) is 46.9 Å². The molecule has 1 heterocycles. The van der Waals surface area contributed by atoms with Crippen LogP contribution in [0.2, 0.25) is 0 Å². The number of carbonyl (C=O) groups is 1. The standard InChI is InChI=1S/C19H20BrNO2/c1-2-3-12-23-18-9-8-15(20)13-16(18)19(22)21-11-10-14-6-4-5-7-17(14)21/h4-9,13H,2-3,10-12H2,1H3. The molecule has 2 aromatic carbocycles. The number of carbonyl (C=O) groups excluding carboxylic acids is 1. The van der Waals surface area contributed by atoms with Crippen LogP contribution in [0.5, 0.6) is 5.75 Å². The van der Waals surface area contributed by atoms with E-state index in [1.54, 1.807) is 0 Å². The van der Waals surface area contributed by atoms with E-state index >= 15 is 0 Å². The number of benzene rings is 2. The molecule has 3 nitrogen and oxygen atoms in total. The number of amides is 1. The molecule has 0 bridgehead atoms. The first kappa shape index (κ1) is 16.1. The number of fused-ring (bicyclic) bond motifs is 1. The number of hydrogen-bond donors (Lipinski definition) is 0. The fraction of sp³-hybridized carbons (Fsp3) is 0.316. The summed E-state index contributed by atoms with van der Waals surface area (Å²) in [7, 11) is 0. The van der Waals surface area contributed by atoms with Crippen molar-refractivity contribution in [1.82, 2.24) is 0 Å². The Labute approximate surface area is 145 Å². The normalized spacial score (nSPS) is 13.0. The molecule has 0 aliphatic carbocycles. The zero-order valence-electron chi connectivity index (χ0n) is 13.2. The summed E-state index contributed by atoms with van der Waals surface area (Å²) in [6.07, 6.45) is 2.96. The van der Waals surface area contributed by atoms with Crippen LogP contribution in [0, 0.1) is 0 Å². The number of rotatable bonds is 5. The molecular weight excluding hydrogens is 354 g/mol. The molecule has 0 saturated carbocycles. The van der Waals surface area contributed by atoms with E-state index in [-0.39, 0.29) is 5.91 Å². The number of para-hydroxylation sites is 1. The van der Waals surface area contributed by atoms with E-state index in [0.29, 0.717) is 17.9 Å². The zero-order valence-corrected chi connectivity index (χ0v) is 14.8. The van der Waals surface area contributed by atoms with Crippen molar-refractivity contribution in [1.29, 1.82) is 0 Å². The second kappa shape index (κ2) is 7.18. The van der Waals surface area contributed by atoms with Crippen molar-refractivity contribution < 1.29 is 9.53 Å².